The Morgan fingerprint density at radius 3 is 2.55 bits per heavy atom. The number of aliphatic hydroxyl groups is 2. The Kier molecular flexibility index (Phi) is 6.12. The van der Waals surface area contributed by atoms with E-state index in [0.717, 1.165) is 0 Å². The molecule has 1 heterocycles. The number of hydrogen-bond acceptors (Lipinski definition) is 8. The van der Waals surface area contributed by atoms with Gasteiger partial charge in [-0.2, -0.15) is 0 Å². The molecule has 0 aromatic rings. The zero-order chi connectivity index (χ0) is 23.3. The second kappa shape index (κ2) is 8.07. The number of carbonyl (C=O) groups excluding carboxylic acids is 3. The summed E-state index contributed by atoms with van der Waals surface area (Å²) in [7, 11) is 0. The van der Waals surface area contributed by atoms with Gasteiger partial charge in [0.25, 0.3) is 0 Å². The highest BCUT2D eigenvalue weighted by Crippen LogP contribution is 2.56. The summed E-state index contributed by atoms with van der Waals surface area (Å²) in [6.45, 7) is 9.83. The second-order valence-electron chi connectivity index (χ2n) is 8.46. The van der Waals surface area contributed by atoms with Crippen molar-refractivity contribution >= 4 is 29.5 Å². The van der Waals surface area contributed by atoms with Crippen LogP contribution in [0, 0.1) is 11.8 Å². The topological polar surface area (TPSA) is 119 Å². The van der Waals surface area contributed by atoms with E-state index in [0.29, 0.717) is 11.1 Å². The van der Waals surface area contributed by atoms with Gasteiger partial charge in [0.2, 0.25) is 0 Å². The summed E-state index contributed by atoms with van der Waals surface area (Å²) in [6.07, 6.45) is -0.424. The minimum absolute atomic E-state index is 0.0238. The van der Waals surface area contributed by atoms with Crippen molar-refractivity contribution in [2.24, 2.45) is 11.8 Å². The van der Waals surface area contributed by atoms with Gasteiger partial charge in [0.1, 0.15) is 23.9 Å². The molecule has 0 amide bonds. The first kappa shape index (κ1) is 23.5. The molecule has 9 heteroatoms. The third-order valence-corrected chi connectivity index (χ3v) is 7.05. The van der Waals surface area contributed by atoms with Gasteiger partial charge in [-0.15, -0.1) is 11.6 Å². The second-order valence-corrected chi connectivity index (χ2v) is 8.73. The van der Waals surface area contributed by atoms with Gasteiger partial charge in [-0.25, -0.2) is 9.59 Å². The molecular weight excluding hydrogens is 428 g/mol. The van der Waals surface area contributed by atoms with Crippen LogP contribution in [0.5, 0.6) is 0 Å². The summed E-state index contributed by atoms with van der Waals surface area (Å²) < 4.78 is 16.5. The van der Waals surface area contributed by atoms with E-state index in [4.69, 9.17) is 25.8 Å². The molecule has 0 radical (unpaired) electrons. The SMILES string of the molecule is C=C1C(=O)O[C@H]2[C@H]1[C@@H](OC(=O)/C(C)=C/C)C[C@](O)(CCl)[C@@H]1[C@H](OC(C)=O)C=C(C)[C@]21O. The molecule has 0 spiro atoms. The third-order valence-electron chi connectivity index (χ3n) is 6.59. The fraction of sp³-hybridized carbons (Fsp3) is 0.591. The van der Waals surface area contributed by atoms with Crippen molar-refractivity contribution in [3.05, 3.63) is 35.5 Å². The van der Waals surface area contributed by atoms with Crippen LogP contribution in [0.4, 0.5) is 0 Å². The molecule has 2 N–H and O–H groups in total. The molecule has 7 atom stereocenters. The molecule has 1 aliphatic heterocycles. The van der Waals surface area contributed by atoms with Crippen molar-refractivity contribution in [3.8, 4) is 0 Å². The molecular formula is C22H27ClO8. The Bertz CT molecular complexity index is 892. The largest absolute Gasteiger partial charge is 0.458 e. The molecule has 0 bridgehead atoms. The van der Waals surface area contributed by atoms with Crippen molar-refractivity contribution in [3.63, 3.8) is 0 Å². The van der Waals surface area contributed by atoms with Gasteiger partial charge in [-0.3, -0.25) is 4.79 Å². The fourth-order valence-corrected chi connectivity index (χ4v) is 5.23. The van der Waals surface area contributed by atoms with E-state index in [1.807, 2.05) is 0 Å². The van der Waals surface area contributed by atoms with Crippen molar-refractivity contribution < 1.29 is 38.8 Å². The Hall–Kier alpha value is -2.16. The predicted octanol–water partition coefficient (Wildman–Crippen LogP) is 1.57. The summed E-state index contributed by atoms with van der Waals surface area (Å²) in [5, 5.41) is 23.5. The molecule has 0 aromatic carbocycles. The highest BCUT2D eigenvalue weighted by molar-refractivity contribution is 6.18. The summed E-state index contributed by atoms with van der Waals surface area (Å²) in [5.74, 6) is -4.42. The van der Waals surface area contributed by atoms with E-state index in [1.165, 1.54) is 13.0 Å². The van der Waals surface area contributed by atoms with Crippen LogP contribution in [0.1, 0.15) is 34.1 Å². The molecule has 2 aliphatic carbocycles. The van der Waals surface area contributed by atoms with Crippen molar-refractivity contribution in [2.75, 3.05) is 5.88 Å². The average Bonchev–Trinajstić information content (AvgIpc) is 3.11. The summed E-state index contributed by atoms with van der Waals surface area (Å²) >= 11 is 6.18. The molecule has 8 nitrogen and oxygen atoms in total. The molecule has 2 fully saturated rings. The highest BCUT2D eigenvalue weighted by atomic mass is 35.5. The third kappa shape index (κ3) is 3.60. The van der Waals surface area contributed by atoms with Crippen LogP contribution in [0.2, 0.25) is 0 Å². The number of esters is 3. The van der Waals surface area contributed by atoms with Crippen LogP contribution in [-0.2, 0) is 28.6 Å². The monoisotopic (exact) mass is 454 g/mol. The van der Waals surface area contributed by atoms with Gasteiger partial charge in [0.15, 0.2) is 0 Å². The van der Waals surface area contributed by atoms with Gasteiger partial charge in [0.05, 0.1) is 23.3 Å². The van der Waals surface area contributed by atoms with Crippen LogP contribution < -0.4 is 0 Å². The van der Waals surface area contributed by atoms with E-state index in [2.05, 4.69) is 6.58 Å². The van der Waals surface area contributed by atoms with Gasteiger partial charge in [-0.05, 0) is 32.4 Å². The van der Waals surface area contributed by atoms with Gasteiger partial charge in [0, 0.05) is 24.5 Å². The number of fused-ring (bicyclic) bond motifs is 3. The lowest BCUT2D eigenvalue weighted by Crippen LogP contribution is -2.59. The number of ether oxygens (including phenoxy) is 3. The van der Waals surface area contributed by atoms with Crippen molar-refractivity contribution in [1.29, 1.82) is 0 Å². The predicted molar refractivity (Wildman–Crippen MR) is 110 cm³/mol. The Morgan fingerprint density at radius 1 is 1.35 bits per heavy atom. The molecule has 0 unspecified atom stereocenters. The summed E-state index contributed by atoms with van der Waals surface area (Å²) in [4.78, 5) is 36.6. The van der Waals surface area contributed by atoms with Crippen LogP contribution >= 0.6 is 11.6 Å². The van der Waals surface area contributed by atoms with E-state index in [1.54, 1.807) is 26.8 Å². The molecule has 170 valence electrons. The van der Waals surface area contributed by atoms with Gasteiger partial charge >= 0.3 is 17.9 Å². The van der Waals surface area contributed by atoms with E-state index in [9.17, 15) is 24.6 Å². The van der Waals surface area contributed by atoms with Crippen LogP contribution in [-0.4, -0.2) is 63.5 Å². The van der Waals surface area contributed by atoms with Crippen molar-refractivity contribution in [2.45, 2.75) is 63.6 Å². The van der Waals surface area contributed by atoms with Crippen LogP contribution in [0.3, 0.4) is 0 Å². The maximum absolute atomic E-state index is 12.5. The number of allylic oxidation sites excluding steroid dienone is 1. The lowest BCUT2D eigenvalue weighted by Gasteiger charge is -2.43. The lowest BCUT2D eigenvalue weighted by atomic mass is 9.71. The van der Waals surface area contributed by atoms with Crippen LogP contribution in [0.15, 0.2) is 35.5 Å². The fourth-order valence-electron chi connectivity index (χ4n) is 4.95. The number of halogens is 1. The van der Waals surface area contributed by atoms with Crippen molar-refractivity contribution in [1.82, 2.24) is 0 Å². The lowest BCUT2D eigenvalue weighted by molar-refractivity contribution is -0.183. The highest BCUT2D eigenvalue weighted by Gasteiger charge is 2.70. The Labute approximate surface area is 185 Å². The maximum atomic E-state index is 12.5. The van der Waals surface area contributed by atoms with Crippen LogP contribution in [0.25, 0.3) is 0 Å². The Balaban J connectivity index is 2.16. The minimum atomic E-state index is -1.92. The molecule has 0 aromatic heterocycles. The maximum Gasteiger partial charge on any atom is 0.334 e. The standard InChI is InChI=1S/C22H27ClO8/c1-6-10(2)19(25)30-15-8-21(27,9-23)17-14(29-13(5)24)7-11(3)22(17,28)18-16(15)12(4)20(26)31-18/h6-7,14-18,27-28H,4,8-9H2,1-3,5H3/b10-6+/t14-,15+,16-,17+,18+,21+,22-/m1/s1. The summed E-state index contributed by atoms with van der Waals surface area (Å²) in [5.41, 5.74) is -3.03. The molecule has 3 rings (SSSR count). The summed E-state index contributed by atoms with van der Waals surface area (Å²) in [6, 6.07) is 0. The number of alkyl halides is 1. The smallest absolute Gasteiger partial charge is 0.334 e. The normalized spacial score (nSPS) is 39.8. The molecule has 3 aliphatic rings. The van der Waals surface area contributed by atoms with Gasteiger partial charge < -0.3 is 24.4 Å². The van der Waals surface area contributed by atoms with Gasteiger partial charge in [-0.1, -0.05) is 12.7 Å². The zero-order valence-corrected chi connectivity index (χ0v) is 18.6. The first-order chi connectivity index (χ1) is 14.4. The Morgan fingerprint density at radius 2 is 2.00 bits per heavy atom. The molecule has 1 saturated carbocycles. The minimum Gasteiger partial charge on any atom is -0.458 e. The average molecular weight is 455 g/mol. The molecule has 1 saturated heterocycles. The number of hydrogen-bond donors (Lipinski definition) is 2. The van der Waals surface area contributed by atoms with E-state index < -0.39 is 59.3 Å². The number of rotatable bonds is 4. The molecule has 31 heavy (non-hydrogen) atoms. The van der Waals surface area contributed by atoms with E-state index >= 15 is 0 Å². The quantitative estimate of drug-likeness (QED) is 0.216. The first-order valence-corrected chi connectivity index (χ1v) is 10.5. The zero-order valence-electron chi connectivity index (χ0n) is 17.9. The number of carbonyl (C=O) groups is 3. The van der Waals surface area contributed by atoms with E-state index in [-0.39, 0.29) is 17.9 Å². The first-order valence-electron chi connectivity index (χ1n) is 10.0.